The van der Waals surface area contributed by atoms with Crippen molar-refractivity contribution in [2.45, 2.75) is 26.4 Å². The molecule has 1 rings (SSSR count). The summed E-state index contributed by atoms with van der Waals surface area (Å²) in [6.07, 6.45) is 1.70. The van der Waals surface area contributed by atoms with Crippen LogP contribution in [0.4, 0.5) is 0 Å². The average Bonchev–Trinajstić information content (AvgIpc) is 1.88. The minimum atomic E-state index is 0.445. The summed E-state index contributed by atoms with van der Waals surface area (Å²) in [4.78, 5) is 2.47. The zero-order valence-electron chi connectivity index (χ0n) is 6.97. The van der Waals surface area contributed by atoms with Crippen molar-refractivity contribution in [2.75, 3.05) is 26.2 Å². The molecule has 0 aromatic heterocycles. The third kappa shape index (κ3) is 2.27. The van der Waals surface area contributed by atoms with Crippen LogP contribution in [0.5, 0.6) is 0 Å². The lowest BCUT2D eigenvalue weighted by Gasteiger charge is -2.30. The van der Waals surface area contributed by atoms with Gasteiger partial charge in [-0.15, -0.1) is 0 Å². The second kappa shape index (κ2) is 3.94. The third-order valence-corrected chi connectivity index (χ3v) is 1.87. The van der Waals surface area contributed by atoms with Crippen molar-refractivity contribution >= 4 is 0 Å². The summed E-state index contributed by atoms with van der Waals surface area (Å²) in [6, 6.07) is 0. The van der Waals surface area contributed by atoms with Crippen LogP contribution in [-0.2, 0) is 4.74 Å². The van der Waals surface area contributed by atoms with Gasteiger partial charge < -0.3 is 4.74 Å². The largest absolute Gasteiger partial charge is 0.376 e. The molecule has 1 atom stereocenters. The Morgan fingerprint density at radius 3 is 3.00 bits per heavy atom. The summed E-state index contributed by atoms with van der Waals surface area (Å²) in [6.45, 7) is 8.75. The predicted octanol–water partition coefficient (Wildman–Crippen LogP) is 1.12. The molecule has 1 heterocycles. The molecule has 0 N–H and O–H groups in total. The van der Waals surface area contributed by atoms with E-state index in [1.807, 2.05) is 0 Å². The molecule has 0 aromatic carbocycles. The molecule has 1 aliphatic heterocycles. The van der Waals surface area contributed by atoms with Gasteiger partial charge in [0, 0.05) is 13.1 Å². The Bertz CT molecular complexity index is 93.3. The second-order valence-corrected chi connectivity index (χ2v) is 2.98. The molecular weight excluding hydrogens is 126 g/mol. The van der Waals surface area contributed by atoms with Gasteiger partial charge in [0.15, 0.2) is 0 Å². The zero-order valence-corrected chi connectivity index (χ0v) is 6.97. The molecule has 60 valence electrons. The van der Waals surface area contributed by atoms with Crippen molar-refractivity contribution in [3.8, 4) is 0 Å². The van der Waals surface area contributed by atoms with Gasteiger partial charge in [0.1, 0.15) is 0 Å². The first kappa shape index (κ1) is 8.02. The van der Waals surface area contributed by atoms with Gasteiger partial charge in [-0.05, 0) is 19.9 Å². The first-order valence-electron chi connectivity index (χ1n) is 4.17. The van der Waals surface area contributed by atoms with Crippen molar-refractivity contribution in [3.05, 3.63) is 0 Å². The highest BCUT2D eigenvalue weighted by Crippen LogP contribution is 2.03. The summed E-state index contributed by atoms with van der Waals surface area (Å²) in [7, 11) is 0. The Morgan fingerprint density at radius 1 is 1.60 bits per heavy atom. The normalized spacial score (nSPS) is 28.8. The second-order valence-electron chi connectivity index (χ2n) is 2.98. The molecule has 0 bridgehead atoms. The summed E-state index contributed by atoms with van der Waals surface area (Å²) in [5, 5.41) is 0. The van der Waals surface area contributed by atoms with Crippen LogP contribution in [-0.4, -0.2) is 37.2 Å². The van der Waals surface area contributed by atoms with Crippen molar-refractivity contribution < 1.29 is 4.74 Å². The molecule has 1 saturated heterocycles. The number of ether oxygens (including phenoxy) is 1. The van der Waals surface area contributed by atoms with E-state index in [2.05, 4.69) is 18.7 Å². The van der Waals surface area contributed by atoms with E-state index >= 15 is 0 Å². The van der Waals surface area contributed by atoms with Crippen LogP contribution in [0.1, 0.15) is 20.3 Å². The van der Waals surface area contributed by atoms with Gasteiger partial charge >= 0.3 is 0 Å². The molecule has 0 radical (unpaired) electrons. The Hall–Kier alpha value is -0.0800. The van der Waals surface area contributed by atoms with E-state index in [9.17, 15) is 0 Å². The zero-order chi connectivity index (χ0) is 7.40. The van der Waals surface area contributed by atoms with Crippen molar-refractivity contribution in [1.82, 2.24) is 4.90 Å². The number of hydrogen-bond acceptors (Lipinski definition) is 2. The molecule has 0 unspecified atom stereocenters. The Balaban J connectivity index is 2.18. The maximum Gasteiger partial charge on any atom is 0.0674 e. The minimum absolute atomic E-state index is 0.445. The maximum atomic E-state index is 5.41. The SMILES string of the molecule is CCCN1CCO[C@H](C)C1. The molecule has 2 heteroatoms. The quantitative estimate of drug-likeness (QED) is 0.574. The first-order valence-corrected chi connectivity index (χ1v) is 4.17. The molecular formula is C8H17NO. The van der Waals surface area contributed by atoms with E-state index in [0.717, 1.165) is 19.7 Å². The van der Waals surface area contributed by atoms with Crippen LogP contribution >= 0.6 is 0 Å². The smallest absolute Gasteiger partial charge is 0.0674 e. The van der Waals surface area contributed by atoms with Crippen LogP contribution in [0.25, 0.3) is 0 Å². The molecule has 1 fully saturated rings. The molecule has 0 saturated carbocycles. The van der Waals surface area contributed by atoms with Crippen molar-refractivity contribution in [2.24, 2.45) is 0 Å². The van der Waals surface area contributed by atoms with Gasteiger partial charge in [-0.2, -0.15) is 0 Å². The van der Waals surface area contributed by atoms with Crippen LogP contribution in [0.3, 0.4) is 0 Å². The fraction of sp³-hybridized carbons (Fsp3) is 1.00. The van der Waals surface area contributed by atoms with E-state index in [1.54, 1.807) is 0 Å². The number of hydrogen-bond donors (Lipinski definition) is 0. The van der Waals surface area contributed by atoms with E-state index in [0.29, 0.717) is 6.10 Å². The van der Waals surface area contributed by atoms with Gasteiger partial charge in [-0.25, -0.2) is 0 Å². The van der Waals surface area contributed by atoms with E-state index in [4.69, 9.17) is 4.74 Å². The summed E-state index contributed by atoms with van der Waals surface area (Å²) >= 11 is 0. The fourth-order valence-electron chi connectivity index (χ4n) is 1.41. The third-order valence-electron chi connectivity index (χ3n) is 1.87. The number of morpholine rings is 1. The number of nitrogens with zero attached hydrogens (tertiary/aromatic N) is 1. The summed E-state index contributed by atoms with van der Waals surface area (Å²) in [5.41, 5.74) is 0. The summed E-state index contributed by atoms with van der Waals surface area (Å²) in [5.74, 6) is 0. The lowest BCUT2D eigenvalue weighted by atomic mass is 10.3. The van der Waals surface area contributed by atoms with Gasteiger partial charge in [0.25, 0.3) is 0 Å². The van der Waals surface area contributed by atoms with Crippen molar-refractivity contribution in [1.29, 1.82) is 0 Å². The topological polar surface area (TPSA) is 12.5 Å². The molecule has 0 amide bonds. The Morgan fingerprint density at radius 2 is 2.40 bits per heavy atom. The fourth-order valence-corrected chi connectivity index (χ4v) is 1.41. The average molecular weight is 143 g/mol. The number of rotatable bonds is 2. The van der Waals surface area contributed by atoms with Crippen LogP contribution in [0, 0.1) is 0 Å². The molecule has 0 spiro atoms. The van der Waals surface area contributed by atoms with Gasteiger partial charge in [0.05, 0.1) is 12.7 Å². The monoisotopic (exact) mass is 143 g/mol. The predicted molar refractivity (Wildman–Crippen MR) is 42.1 cm³/mol. The minimum Gasteiger partial charge on any atom is -0.376 e. The molecule has 1 aliphatic rings. The van der Waals surface area contributed by atoms with Crippen LogP contribution in [0.15, 0.2) is 0 Å². The standard InChI is InChI=1S/C8H17NO/c1-3-4-9-5-6-10-8(2)7-9/h8H,3-7H2,1-2H3/t8-/m1/s1. The lowest BCUT2D eigenvalue weighted by molar-refractivity contribution is -0.0180. The Kier molecular flexibility index (Phi) is 3.16. The van der Waals surface area contributed by atoms with Gasteiger partial charge in [-0.3, -0.25) is 4.90 Å². The van der Waals surface area contributed by atoms with E-state index in [-0.39, 0.29) is 0 Å². The van der Waals surface area contributed by atoms with Gasteiger partial charge in [-0.1, -0.05) is 6.92 Å². The maximum absolute atomic E-state index is 5.41. The first-order chi connectivity index (χ1) is 4.83. The molecule has 2 nitrogen and oxygen atoms in total. The Labute approximate surface area is 63.2 Å². The highest BCUT2D eigenvalue weighted by atomic mass is 16.5. The summed E-state index contributed by atoms with van der Waals surface area (Å²) < 4.78 is 5.41. The van der Waals surface area contributed by atoms with Crippen molar-refractivity contribution in [3.63, 3.8) is 0 Å². The highest BCUT2D eigenvalue weighted by molar-refractivity contribution is 4.66. The van der Waals surface area contributed by atoms with E-state index in [1.165, 1.54) is 13.0 Å². The van der Waals surface area contributed by atoms with E-state index < -0.39 is 0 Å². The van der Waals surface area contributed by atoms with Crippen LogP contribution in [0.2, 0.25) is 0 Å². The highest BCUT2D eigenvalue weighted by Gasteiger charge is 2.14. The molecule has 0 aliphatic carbocycles. The van der Waals surface area contributed by atoms with Crippen LogP contribution < -0.4 is 0 Å². The van der Waals surface area contributed by atoms with Gasteiger partial charge in [0.2, 0.25) is 0 Å². The molecule has 10 heavy (non-hydrogen) atoms. The lowest BCUT2D eigenvalue weighted by Crippen LogP contribution is -2.41. The molecule has 0 aromatic rings.